The summed E-state index contributed by atoms with van der Waals surface area (Å²) in [5, 5.41) is 12.0. The second kappa shape index (κ2) is 8.61. The van der Waals surface area contributed by atoms with E-state index in [2.05, 4.69) is 15.3 Å². The number of amides is 1. The van der Waals surface area contributed by atoms with Crippen LogP contribution in [0.1, 0.15) is 26.5 Å². The zero-order valence-corrected chi connectivity index (χ0v) is 18.0. The lowest BCUT2D eigenvalue weighted by molar-refractivity contribution is -0.139. The van der Waals surface area contributed by atoms with Gasteiger partial charge in [-0.25, -0.2) is 19.0 Å². The largest absolute Gasteiger partial charge is 0.480 e. The molecule has 1 atom stereocenters. The smallest absolute Gasteiger partial charge is 0.408 e. The first-order chi connectivity index (χ1) is 15.0. The van der Waals surface area contributed by atoms with Gasteiger partial charge in [0, 0.05) is 25.4 Å². The molecular formula is C21H23N5O6. The van der Waals surface area contributed by atoms with Crippen molar-refractivity contribution in [2.45, 2.75) is 38.8 Å². The number of carboxylic acids is 1. The second-order valence-electron chi connectivity index (χ2n) is 8.12. The Kier molecular flexibility index (Phi) is 6.10. The zero-order chi connectivity index (χ0) is 23.6. The number of pyridine rings is 2. The summed E-state index contributed by atoms with van der Waals surface area (Å²) >= 11 is 0. The molecule has 3 heterocycles. The molecule has 11 heteroatoms. The average Bonchev–Trinajstić information content (AvgIpc) is 2.71. The van der Waals surface area contributed by atoms with Crippen molar-refractivity contribution in [3.05, 3.63) is 63.3 Å². The molecule has 168 valence electrons. The maximum Gasteiger partial charge on any atom is 0.408 e. The molecule has 1 amide bonds. The first-order valence-corrected chi connectivity index (χ1v) is 9.71. The Bertz CT molecular complexity index is 1290. The minimum absolute atomic E-state index is 0.120. The van der Waals surface area contributed by atoms with Crippen molar-refractivity contribution >= 4 is 23.0 Å². The van der Waals surface area contributed by atoms with Crippen LogP contribution >= 0.6 is 0 Å². The van der Waals surface area contributed by atoms with Gasteiger partial charge in [0.05, 0.1) is 29.0 Å². The molecule has 3 rings (SSSR count). The number of carbonyl (C=O) groups is 2. The minimum Gasteiger partial charge on any atom is -0.480 e. The molecule has 0 aromatic carbocycles. The van der Waals surface area contributed by atoms with E-state index in [1.807, 2.05) is 0 Å². The number of aryl methyl sites for hydroxylation is 1. The summed E-state index contributed by atoms with van der Waals surface area (Å²) in [5.41, 5.74) is -0.893. The molecule has 11 nitrogen and oxygen atoms in total. The maximum atomic E-state index is 12.8. The van der Waals surface area contributed by atoms with Crippen LogP contribution < -0.4 is 16.6 Å². The number of carboxylic acid groups (broad SMARTS) is 1. The van der Waals surface area contributed by atoms with Gasteiger partial charge in [0.2, 0.25) is 0 Å². The third kappa shape index (κ3) is 4.82. The van der Waals surface area contributed by atoms with E-state index in [-0.39, 0.29) is 12.1 Å². The lowest BCUT2D eigenvalue weighted by Crippen LogP contribution is -2.44. The Morgan fingerprint density at radius 1 is 1.19 bits per heavy atom. The van der Waals surface area contributed by atoms with Gasteiger partial charge in [0.1, 0.15) is 11.6 Å². The number of nitrogens with one attached hydrogen (secondary N) is 1. The number of nitrogens with zero attached hydrogens (tertiary/aromatic N) is 4. The Balaban J connectivity index is 1.88. The van der Waals surface area contributed by atoms with Gasteiger partial charge in [-0.05, 0) is 39.0 Å². The molecule has 32 heavy (non-hydrogen) atoms. The topological polar surface area (TPSA) is 145 Å². The Morgan fingerprint density at radius 2 is 1.91 bits per heavy atom. The van der Waals surface area contributed by atoms with E-state index in [9.17, 15) is 24.3 Å². The number of rotatable bonds is 5. The van der Waals surface area contributed by atoms with Crippen LogP contribution in [0.25, 0.3) is 16.6 Å². The zero-order valence-electron chi connectivity index (χ0n) is 18.0. The van der Waals surface area contributed by atoms with Crippen LogP contribution in [0, 0.1) is 0 Å². The van der Waals surface area contributed by atoms with Crippen molar-refractivity contribution in [3.8, 4) is 5.69 Å². The molecule has 0 bridgehead atoms. The highest BCUT2D eigenvalue weighted by Gasteiger charge is 2.24. The minimum atomic E-state index is -1.27. The molecule has 0 aliphatic rings. The van der Waals surface area contributed by atoms with Crippen molar-refractivity contribution in [2.24, 2.45) is 7.05 Å². The van der Waals surface area contributed by atoms with Crippen molar-refractivity contribution in [1.29, 1.82) is 0 Å². The molecule has 0 aliphatic heterocycles. The van der Waals surface area contributed by atoms with Gasteiger partial charge < -0.3 is 15.2 Å². The molecule has 0 saturated heterocycles. The number of hydrogen-bond acceptors (Lipinski definition) is 7. The first-order valence-electron chi connectivity index (χ1n) is 9.71. The lowest BCUT2D eigenvalue weighted by atomic mass is 10.1. The van der Waals surface area contributed by atoms with Crippen LogP contribution in [0.15, 0.2) is 46.4 Å². The highest BCUT2D eigenvalue weighted by Crippen LogP contribution is 2.10. The Hall–Kier alpha value is -4.02. The first kappa shape index (κ1) is 22.7. The van der Waals surface area contributed by atoms with E-state index in [0.717, 1.165) is 4.57 Å². The molecular weight excluding hydrogens is 418 g/mol. The molecule has 0 radical (unpaired) electrons. The van der Waals surface area contributed by atoms with Crippen LogP contribution in [0.2, 0.25) is 0 Å². The van der Waals surface area contributed by atoms with E-state index in [1.165, 1.54) is 48.4 Å². The number of carbonyl (C=O) groups excluding carboxylic acids is 1. The third-order valence-corrected chi connectivity index (χ3v) is 4.54. The van der Waals surface area contributed by atoms with Gasteiger partial charge in [-0.1, -0.05) is 0 Å². The maximum absolute atomic E-state index is 12.8. The summed E-state index contributed by atoms with van der Waals surface area (Å²) in [5.74, 6) is -1.25. The predicted octanol–water partition coefficient (Wildman–Crippen LogP) is 1.000. The predicted molar refractivity (Wildman–Crippen MR) is 115 cm³/mol. The van der Waals surface area contributed by atoms with Crippen molar-refractivity contribution in [3.63, 3.8) is 0 Å². The van der Waals surface area contributed by atoms with E-state index in [0.29, 0.717) is 16.6 Å². The summed E-state index contributed by atoms with van der Waals surface area (Å²) in [4.78, 5) is 57.2. The van der Waals surface area contributed by atoms with Crippen LogP contribution in [0.5, 0.6) is 0 Å². The summed E-state index contributed by atoms with van der Waals surface area (Å²) in [7, 11) is 1.53. The van der Waals surface area contributed by atoms with E-state index >= 15 is 0 Å². The van der Waals surface area contributed by atoms with Gasteiger partial charge in [-0.15, -0.1) is 0 Å². The standard InChI is InChI=1S/C21H23N5O6/c1-21(2,3)32-19(30)24-15(18(28)29)9-12-5-6-13(10-23-12)26-17(27)14-7-8-22-11-16(14)25(4)20(26)31/h5-8,10-11,15H,9H2,1-4H3,(H,24,30)(H,28,29). The molecule has 0 fully saturated rings. The summed E-state index contributed by atoms with van der Waals surface area (Å²) < 4.78 is 7.38. The average molecular weight is 441 g/mol. The Labute approximate surface area is 182 Å². The number of aliphatic carboxylic acids is 1. The van der Waals surface area contributed by atoms with Gasteiger partial charge in [-0.3, -0.25) is 19.3 Å². The summed E-state index contributed by atoms with van der Waals surface area (Å²) in [6.07, 6.45) is 3.22. The van der Waals surface area contributed by atoms with E-state index in [4.69, 9.17) is 4.74 Å². The highest BCUT2D eigenvalue weighted by molar-refractivity contribution is 5.80. The van der Waals surface area contributed by atoms with Gasteiger partial charge in [0.15, 0.2) is 0 Å². The molecule has 0 aliphatic carbocycles. The fourth-order valence-electron chi connectivity index (χ4n) is 3.05. The molecule has 0 spiro atoms. The number of aromatic nitrogens is 4. The number of hydrogen-bond donors (Lipinski definition) is 2. The monoisotopic (exact) mass is 441 g/mol. The normalized spacial score (nSPS) is 12.4. The van der Waals surface area contributed by atoms with Crippen LogP contribution in [-0.2, 0) is 23.0 Å². The number of ether oxygens (including phenoxy) is 1. The fraction of sp³-hybridized carbons (Fsp3) is 0.333. The molecule has 0 saturated carbocycles. The molecule has 1 unspecified atom stereocenters. The van der Waals surface area contributed by atoms with Crippen molar-refractivity contribution < 1.29 is 19.4 Å². The van der Waals surface area contributed by atoms with Gasteiger partial charge >= 0.3 is 17.8 Å². The van der Waals surface area contributed by atoms with Crippen LogP contribution in [0.4, 0.5) is 4.79 Å². The fourth-order valence-corrected chi connectivity index (χ4v) is 3.05. The van der Waals surface area contributed by atoms with Crippen molar-refractivity contribution in [1.82, 2.24) is 24.4 Å². The molecule has 3 aromatic heterocycles. The van der Waals surface area contributed by atoms with Gasteiger partial charge in [0.25, 0.3) is 5.56 Å². The van der Waals surface area contributed by atoms with Crippen LogP contribution in [0.3, 0.4) is 0 Å². The summed E-state index contributed by atoms with van der Waals surface area (Å²) in [6, 6.07) is 3.23. The summed E-state index contributed by atoms with van der Waals surface area (Å²) in [6.45, 7) is 4.99. The van der Waals surface area contributed by atoms with Crippen LogP contribution in [-0.4, -0.2) is 47.9 Å². The SMILES string of the molecule is Cn1c(=O)n(-c2ccc(CC(NC(=O)OC(C)(C)C)C(=O)O)nc2)c(=O)c2ccncc21. The molecule has 2 N–H and O–H groups in total. The lowest BCUT2D eigenvalue weighted by Gasteiger charge is -2.22. The second-order valence-corrected chi connectivity index (χ2v) is 8.12. The third-order valence-electron chi connectivity index (χ3n) is 4.54. The Morgan fingerprint density at radius 3 is 2.50 bits per heavy atom. The number of fused-ring (bicyclic) bond motifs is 1. The van der Waals surface area contributed by atoms with E-state index < -0.39 is 35.0 Å². The van der Waals surface area contributed by atoms with Gasteiger partial charge in [-0.2, -0.15) is 0 Å². The highest BCUT2D eigenvalue weighted by atomic mass is 16.6. The number of alkyl carbamates (subject to hydrolysis) is 1. The van der Waals surface area contributed by atoms with Crippen molar-refractivity contribution in [2.75, 3.05) is 0 Å². The van der Waals surface area contributed by atoms with E-state index in [1.54, 1.807) is 20.8 Å². The molecule has 3 aromatic rings. The quantitative estimate of drug-likeness (QED) is 0.596.